The molecule has 2 aliphatic heterocycles. The second kappa shape index (κ2) is 12.7. The lowest BCUT2D eigenvalue weighted by atomic mass is 10.1. The van der Waals surface area contributed by atoms with Gasteiger partial charge in [-0.3, -0.25) is 9.59 Å². The van der Waals surface area contributed by atoms with Crippen molar-refractivity contribution >= 4 is 52.0 Å². The number of nitrogens with zero attached hydrogens (tertiary/aromatic N) is 7. The van der Waals surface area contributed by atoms with Gasteiger partial charge in [-0.2, -0.15) is 0 Å². The summed E-state index contributed by atoms with van der Waals surface area (Å²) in [5, 5.41) is -0.0957. The number of rotatable bonds is 7. The number of amides is 3. The predicted molar refractivity (Wildman–Crippen MR) is 157 cm³/mol. The quantitative estimate of drug-likeness (QED) is 0.300. The molecule has 0 spiro atoms. The molecule has 3 aromatic rings. The molecule has 4 heterocycles. The average molecular weight is 617 g/mol. The van der Waals surface area contributed by atoms with Crippen LogP contribution in [0.3, 0.4) is 0 Å². The third-order valence-electron chi connectivity index (χ3n) is 8.00. The number of nitrogen functional groups attached to an aromatic ring is 2. The Morgan fingerprint density at radius 3 is 2.28 bits per heavy atom. The van der Waals surface area contributed by atoms with Gasteiger partial charge in [0, 0.05) is 57.8 Å². The smallest absolute Gasteiger partial charge is 0.320 e. The number of urea groups is 1. The molecule has 0 saturated carbocycles. The second-order valence-electron chi connectivity index (χ2n) is 10.4. The minimum atomic E-state index is -0.623. The molecule has 230 valence electrons. The van der Waals surface area contributed by atoms with Crippen LogP contribution in [0, 0.1) is 5.82 Å². The fraction of sp³-hybridized carbons (Fsp3) is 0.500. The van der Waals surface area contributed by atoms with Gasteiger partial charge in [-0.25, -0.2) is 28.3 Å². The standard InChI is InChI=1S/C28H35ClFN9O4/c1-3-38-19-15-17(27(41)35-7-9-36(10-8-35)28(42)37-11-13-43-14-12-37)18(30)16-20(19)39(4-2)22(38)6-5-21(40)23-25(31)34-26(32)24(29)33-23/h15-16H,3-14H2,1-2H3,(H3-,31,32,34,40)/p+1. The monoisotopic (exact) mass is 616 g/mol. The first-order valence-corrected chi connectivity index (χ1v) is 14.8. The Hall–Kier alpha value is -4.04. The van der Waals surface area contributed by atoms with E-state index in [1.807, 2.05) is 23.0 Å². The molecule has 1 aromatic carbocycles. The van der Waals surface area contributed by atoms with Crippen molar-refractivity contribution < 1.29 is 28.1 Å². The predicted octanol–water partition coefficient (Wildman–Crippen LogP) is 1.74. The normalized spacial score (nSPS) is 15.8. The maximum atomic E-state index is 15.5. The van der Waals surface area contributed by atoms with E-state index in [9.17, 15) is 14.4 Å². The lowest BCUT2D eigenvalue weighted by Crippen LogP contribution is -2.55. The van der Waals surface area contributed by atoms with Gasteiger partial charge >= 0.3 is 6.03 Å². The number of carbonyl (C=O) groups excluding carboxylic acids is 3. The summed E-state index contributed by atoms with van der Waals surface area (Å²) in [5.41, 5.74) is 12.7. The Labute approximate surface area is 253 Å². The molecule has 4 N–H and O–H groups in total. The minimum absolute atomic E-state index is 0.0295. The first-order valence-electron chi connectivity index (χ1n) is 14.4. The zero-order valence-corrected chi connectivity index (χ0v) is 25.1. The third kappa shape index (κ3) is 5.93. The summed E-state index contributed by atoms with van der Waals surface area (Å²) in [4.78, 5) is 52.3. The molecule has 0 unspecified atom stereocenters. The molecule has 43 heavy (non-hydrogen) atoms. The van der Waals surface area contributed by atoms with Gasteiger partial charge in [0.05, 0.1) is 38.3 Å². The molecule has 0 aliphatic carbocycles. The highest BCUT2D eigenvalue weighted by Crippen LogP contribution is 2.24. The van der Waals surface area contributed by atoms with E-state index in [-0.39, 0.29) is 46.3 Å². The Balaban J connectivity index is 1.35. The molecular weight excluding hydrogens is 581 g/mol. The summed E-state index contributed by atoms with van der Waals surface area (Å²) in [6, 6.07) is 2.90. The van der Waals surface area contributed by atoms with Crippen molar-refractivity contribution in [3.63, 3.8) is 0 Å². The van der Waals surface area contributed by atoms with Crippen molar-refractivity contribution in [2.45, 2.75) is 39.8 Å². The lowest BCUT2D eigenvalue weighted by Gasteiger charge is -2.38. The minimum Gasteiger partial charge on any atom is -0.382 e. The molecule has 0 radical (unpaired) electrons. The number of aromatic nitrogens is 4. The van der Waals surface area contributed by atoms with Crippen molar-refractivity contribution in [1.82, 2.24) is 29.2 Å². The van der Waals surface area contributed by atoms with Crippen molar-refractivity contribution in [2.75, 3.05) is 63.9 Å². The van der Waals surface area contributed by atoms with Crippen LogP contribution in [0.15, 0.2) is 12.1 Å². The number of halogens is 2. The maximum Gasteiger partial charge on any atom is 0.320 e. The molecular formula is C28H36ClFN9O4+. The SMILES string of the molecule is CCn1c(CCC(=O)c2nc(Cl)c(N)nc2N)[n+](CC)c2cc(C(=O)N3CCN(C(=O)N4CCOCC4)CC3)c(F)cc21. The molecule has 3 amide bonds. The summed E-state index contributed by atoms with van der Waals surface area (Å²) in [5.74, 6) is -0.752. The number of ketones is 1. The Bertz CT molecular complexity index is 1570. The fourth-order valence-electron chi connectivity index (χ4n) is 5.76. The largest absolute Gasteiger partial charge is 0.382 e. The zero-order chi connectivity index (χ0) is 30.8. The van der Waals surface area contributed by atoms with E-state index in [1.165, 1.54) is 6.07 Å². The Morgan fingerprint density at radius 2 is 1.63 bits per heavy atom. The number of morpholine rings is 1. The molecule has 5 rings (SSSR count). The highest BCUT2D eigenvalue weighted by atomic mass is 35.5. The molecule has 13 nitrogen and oxygen atoms in total. The van der Waals surface area contributed by atoms with Crippen LogP contribution < -0.4 is 16.0 Å². The van der Waals surface area contributed by atoms with Crippen LogP contribution in [0.4, 0.5) is 20.8 Å². The van der Waals surface area contributed by atoms with Crippen molar-refractivity contribution in [3.05, 3.63) is 40.2 Å². The highest BCUT2D eigenvalue weighted by Gasteiger charge is 2.32. The number of nitrogens with two attached hydrogens (primary N) is 2. The summed E-state index contributed by atoms with van der Waals surface area (Å²) in [7, 11) is 0. The molecule has 0 atom stereocenters. The number of ether oxygens (including phenoxy) is 1. The van der Waals surface area contributed by atoms with Gasteiger partial charge in [-0.05, 0) is 13.8 Å². The molecule has 2 saturated heterocycles. The van der Waals surface area contributed by atoms with Crippen LogP contribution in [0.2, 0.25) is 5.15 Å². The number of piperazine rings is 1. The van der Waals surface area contributed by atoms with Crippen molar-refractivity contribution in [1.29, 1.82) is 0 Å². The zero-order valence-electron chi connectivity index (χ0n) is 24.3. The van der Waals surface area contributed by atoms with Crippen LogP contribution in [0.1, 0.15) is 46.9 Å². The van der Waals surface area contributed by atoms with Crippen LogP contribution in [-0.4, -0.2) is 99.4 Å². The van der Waals surface area contributed by atoms with Crippen LogP contribution >= 0.6 is 11.6 Å². The van der Waals surface area contributed by atoms with Gasteiger partial charge in [-0.15, -0.1) is 0 Å². The van der Waals surface area contributed by atoms with Gasteiger partial charge in [0.25, 0.3) is 11.7 Å². The number of benzene rings is 1. The number of anilines is 2. The number of fused-ring (bicyclic) bond motifs is 1. The van der Waals surface area contributed by atoms with Gasteiger partial charge in [-0.1, -0.05) is 11.6 Å². The first-order chi connectivity index (χ1) is 20.6. The van der Waals surface area contributed by atoms with E-state index >= 15 is 4.39 Å². The number of hydrogen-bond donors (Lipinski definition) is 2. The number of hydrogen-bond acceptors (Lipinski definition) is 8. The fourth-order valence-corrected chi connectivity index (χ4v) is 5.89. The topological polar surface area (TPSA) is 157 Å². The molecule has 2 fully saturated rings. The first kappa shape index (κ1) is 30.4. The molecule has 15 heteroatoms. The second-order valence-corrected chi connectivity index (χ2v) is 10.8. The summed E-state index contributed by atoms with van der Waals surface area (Å²) in [6.45, 7) is 8.43. The Morgan fingerprint density at radius 1 is 0.977 bits per heavy atom. The van der Waals surface area contributed by atoms with Crippen molar-refractivity contribution in [3.8, 4) is 0 Å². The van der Waals surface area contributed by atoms with E-state index in [4.69, 9.17) is 27.8 Å². The van der Waals surface area contributed by atoms with E-state index < -0.39 is 11.7 Å². The van der Waals surface area contributed by atoms with Crippen LogP contribution in [-0.2, 0) is 24.2 Å². The molecule has 2 aromatic heterocycles. The lowest BCUT2D eigenvalue weighted by molar-refractivity contribution is -0.676. The third-order valence-corrected chi connectivity index (χ3v) is 8.27. The number of imidazole rings is 1. The van der Waals surface area contributed by atoms with E-state index in [2.05, 4.69) is 9.97 Å². The molecule has 2 aliphatic rings. The average Bonchev–Trinajstić information content (AvgIpc) is 3.31. The van der Waals surface area contributed by atoms with Gasteiger partial charge in [0.15, 0.2) is 33.6 Å². The summed E-state index contributed by atoms with van der Waals surface area (Å²) >= 11 is 5.96. The number of Topliss-reactive ketones (excluding diaryl/α,β-unsaturated/α-hetero) is 1. The van der Waals surface area contributed by atoms with E-state index in [1.54, 1.807) is 20.8 Å². The summed E-state index contributed by atoms with van der Waals surface area (Å²) in [6.07, 6.45) is 0.361. The van der Waals surface area contributed by atoms with E-state index in [0.29, 0.717) is 83.0 Å². The maximum absolute atomic E-state index is 15.5. The summed E-state index contributed by atoms with van der Waals surface area (Å²) < 4.78 is 24.8. The van der Waals surface area contributed by atoms with Gasteiger partial charge < -0.3 is 30.9 Å². The van der Waals surface area contributed by atoms with E-state index in [0.717, 1.165) is 5.82 Å². The number of carbonyl (C=O) groups is 3. The van der Waals surface area contributed by atoms with Gasteiger partial charge in [0.2, 0.25) is 0 Å². The molecule has 0 bridgehead atoms. The van der Waals surface area contributed by atoms with Crippen LogP contribution in [0.25, 0.3) is 11.0 Å². The number of aryl methyl sites for hydroxylation is 2. The van der Waals surface area contributed by atoms with Crippen molar-refractivity contribution in [2.24, 2.45) is 0 Å². The van der Waals surface area contributed by atoms with Crippen LogP contribution in [0.5, 0.6) is 0 Å². The van der Waals surface area contributed by atoms with Gasteiger partial charge in [0.1, 0.15) is 11.5 Å². The highest BCUT2D eigenvalue weighted by molar-refractivity contribution is 6.31. The Kier molecular flexibility index (Phi) is 8.97.